The minimum Gasteiger partial charge on any atom is -0.325 e. The first-order valence-electron chi connectivity index (χ1n) is 8.74. The van der Waals surface area contributed by atoms with Crippen molar-refractivity contribution in [2.45, 2.75) is 11.6 Å². The molecule has 0 spiro atoms. The Hall–Kier alpha value is -2.95. The molecule has 3 aromatic carbocycles. The smallest absolute Gasteiger partial charge is 0.233 e. The van der Waals surface area contributed by atoms with Crippen molar-refractivity contribution in [3.8, 4) is 0 Å². The van der Waals surface area contributed by atoms with Crippen LogP contribution in [-0.2, 0) is 15.2 Å². The lowest BCUT2D eigenvalue weighted by molar-refractivity contribution is -0.123. The SMILES string of the molecule is O=C1Nc2ccccc2C2(c3ccccc3)NO[C@@H](c3ccccc3)[C@H]12. The number of nitrogens with one attached hydrogen (secondary N) is 2. The number of benzene rings is 3. The predicted octanol–water partition coefficient (Wildman–Crippen LogP) is 3.77. The molecule has 2 heterocycles. The van der Waals surface area contributed by atoms with Gasteiger partial charge in [-0.05, 0) is 17.2 Å². The van der Waals surface area contributed by atoms with Gasteiger partial charge in [-0.3, -0.25) is 9.63 Å². The van der Waals surface area contributed by atoms with Crippen LogP contribution in [0.1, 0.15) is 22.8 Å². The topological polar surface area (TPSA) is 50.4 Å². The molecule has 0 aliphatic carbocycles. The molecule has 5 rings (SSSR count). The van der Waals surface area contributed by atoms with E-state index in [1.807, 2.05) is 78.9 Å². The first-order chi connectivity index (χ1) is 12.8. The molecule has 0 aromatic heterocycles. The average Bonchev–Trinajstić information content (AvgIpc) is 3.12. The molecule has 4 heteroatoms. The fourth-order valence-electron chi connectivity index (χ4n) is 4.22. The molecular formula is C22H18N2O2. The van der Waals surface area contributed by atoms with Crippen molar-refractivity contribution in [1.82, 2.24) is 5.48 Å². The van der Waals surface area contributed by atoms with Gasteiger partial charge in [0.15, 0.2) is 0 Å². The minimum atomic E-state index is -0.722. The second-order valence-electron chi connectivity index (χ2n) is 6.74. The summed E-state index contributed by atoms with van der Waals surface area (Å²) >= 11 is 0. The number of hydroxylamine groups is 1. The molecule has 0 bridgehead atoms. The van der Waals surface area contributed by atoms with Gasteiger partial charge in [-0.25, -0.2) is 0 Å². The molecule has 4 nitrogen and oxygen atoms in total. The Morgan fingerprint density at radius 2 is 1.46 bits per heavy atom. The van der Waals surface area contributed by atoms with Crippen molar-refractivity contribution in [3.63, 3.8) is 0 Å². The molecule has 1 fully saturated rings. The Balaban J connectivity index is 1.75. The summed E-state index contributed by atoms with van der Waals surface area (Å²) in [5, 5.41) is 3.07. The molecule has 2 aliphatic heterocycles. The molecule has 1 unspecified atom stereocenters. The summed E-state index contributed by atoms with van der Waals surface area (Å²) in [5.74, 6) is -0.450. The van der Waals surface area contributed by atoms with Crippen LogP contribution in [0, 0.1) is 5.92 Å². The van der Waals surface area contributed by atoms with E-state index in [1.54, 1.807) is 0 Å². The first-order valence-corrected chi connectivity index (χ1v) is 8.74. The third kappa shape index (κ3) is 2.06. The Kier molecular flexibility index (Phi) is 3.42. The number of hydrogen-bond acceptors (Lipinski definition) is 3. The van der Waals surface area contributed by atoms with E-state index in [0.29, 0.717) is 0 Å². The average molecular weight is 342 g/mol. The maximum absolute atomic E-state index is 13.2. The summed E-state index contributed by atoms with van der Waals surface area (Å²) in [6.45, 7) is 0. The standard InChI is InChI=1S/C22H18N2O2/c25-21-19-20(15-9-3-1-4-10-15)26-24-22(19,16-11-5-2-6-12-16)17-13-7-8-14-18(17)23-21/h1-14,19-20,24H,(H,23,25)/t19-,20+,22?/m1/s1. The Labute approximate surface area is 151 Å². The van der Waals surface area contributed by atoms with Gasteiger partial charge in [-0.15, -0.1) is 0 Å². The van der Waals surface area contributed by atoms with Gasteiger partial charge in [0.1, 0.15) is 11.6 Å². The van der Waals surface area contributed by atoms with Crippen LogP contribution in [0.15, 0.2) is 84.9 Å². The molecule has 3 aromatic rings. The Morgan fingerprint density at radius 3 is 2.23 bits per heavy atom. The number of carbonyl (C=O) groups is 1. The third-order valence-electron chi connectivity index (χ3n) is 5.37. The highest BCUT2D eigenvalue weighted by Gasteiger charge is 2.59. The predicted molar refractivity (Wildman–Crippen MR) is 99.2 cm³/mol. The zero-order valence-electron chi connectivity index (χ0n) is 14.1. The zero-order chi connectivity index (χ0) is 17.6. The minimum absolute atomic E-state index is 0.0357. The maximum Gasteiger partial charge on any atom is 0.233 e. The first kappa shape index (κ1) is 15.3. The summed E-state index contributed by atoms with van der Waals surface area (Å²) in [4.78, 5) is 19.2. The molecular weight excluding hydrogens is 324 g/mol. The van der Waals surface area contributed by atoms with Crippen molar-refractivity contribution < 1.29 is 9.63 Å². The number of rotatable bonds is 2. The summed E-state index contributed by atoms with van der Waals surface area (Å²) in [6.07, 6.45) is -0.371. The lowest BCUT2D eigenvalue weighted by Gasteiger charge is -2.40. The monoisotopic (exact) mass is 342 g/mol. The lowest BCUT2D eigenvalue weighted by atomic mass is 9.68. The summed E-state index contributed by atoms with van der Waals surface area (Å²) in [6, 6.07) is 27.9. The van der Waals surface area contributed by atoms with E-state index < -0.39 is 11.5 Å². The van der Waals surface area contributed by atoms with Gasteiger partial charge in [0.05, 0.1) is 5.92 Å². The molecule has 0 radical (unpaired) electrons. The lowest BCUT2D eigenvalue weighted by Crippen LogP contribution is -2.51. The highest BCUT2D eigenvalue weighted by molar-refractivity contribution is 5.99. The fraction of sp³-hybridized carbons (Fsp3) is 0.136. The third-order valence-corrected chi connectivity index (χ3v) is 5.37. The van der Waals surface area contributed by atoms with E-state index >= 15 is 0 Å². The maximum atomic E-state index is 13.2. The zero-order valence-corrected chi connectivity index (χ0v) is 14.1. The normalized spacial score (nSPS) is 26.7. The van der Waals surface area contributed by atoms with E-state index in [0.717, 1.165) is 22.4 Å². The fourth-order valence-corrected chi connectivity index (χ4v) is 4.22. The van der Waals surface area contributed by atoms with Crippen LogP contribution in [0.5, 0.6) is 0 Å². The molecule has 2 aliphatic rings. The van der Waals surface area contributed by atoms with Crippen LogP contribution in [0.2, 0.25) is 0 Å². The van der Waals surface area contributed by atoms with Crippen molar-refractivity contribution in [3.05, 3.63) is 102 Å². The van der Waals surface area contributed by atoms with Gasteiger partial charge in [0.2, 0.25) is 5.91 Å². The van der Waals surface area contributed by atoms with Crippen LogP contribution >= 0.6 is 0 Å². The largest absolute Gasteiger partial charge is 0.325 e. The van der Waals surface area contributed by atoms with Crippen LogP contribution in [-0.4, -0.2) is 5.91 Å². The highest BCUT2D eigenvalue weighted by Crippen LogP contribution is 2.53. The van der Waals surface area contributed by atoms with E-state index in [2.05, 4.69) is 16.9 Å². The van der Waals surface area contributed by atoms with Gasteiger partial charge in [0.25, 0.3) is 0 Å². The van der Waals surface area contributed by atoms with Crippen molar-refractivity contribution in [2.24, 2.45) is 5.92 Å². The van der Waals surface area contributed by atoms with E-state index in [-0.39, 0.29) is 12.0 Å². The summed E-state index contributed by atoms with van der Waals surface area (Å²) in [5.41, 5.74) is 6.39. The van der Waals surface area contributed by atoms with Gasteiger partial charge < -0.3 is 5.32 Å². The van der Waals surface area contributed by atoms with Crippen molar-refractivity contribution >= 4 is 11.6 Å². The molecule has 26 heavy (non-hydrogen) atoms. The molecule has 1 amide bonds. The summed E-state index contributed by atoms with van der Waals surface area (Å²) < 4.78 is 0. The molecule has 0 saturated carbocycles. The van der Waals surface area contributed by atoms with Gasteiger partial charge in [-0.2, -0.15) is 5.48 Å². The summed E-state index contributed by atoms with van der Waals surface area (Å²) in [7, 11) is 0. The Bertz CT molecular complexity index is 958. The number of amides is 1. The van der Waals surface area contributed by atoms with Crippen LogP contribution in [0.25, 0.3) is 0 Å². The second kappa shape index (κ2) is 5.80. The number of fused-ring (bicyclic) bond motifs is 3. The highest BCUT2D eigenvalue weighted by atomic mass is 16.7. The molecule has 1 saturated heterocycles. The van der Waals surface area contributed by atoms with E-state index in [4.69, 9.17) is 4.84 Å². The Morgan fingerprint density at radius 1 is 0.808 bits per heavy atom. The van der Waals surface area contributed by atoms with Gasteiger partial charge >= 0.3 is 0 Å². The number of carbonyl (C=O) groups excluding carboxylic acids is 1. The van der Waals surface area contributed by atoms with Crippen molar-refractivity contribution in [1.29, 1.82) is 0 Å². The number of para-hydroxylation sites is 1. The molecule has 128 valence electrons. The molecule has 2 N–H and O–H groups in total. The van der Waals surface area contributed by atoms with E-state index in [1.165, 1.54) is 0 Å². The van der Waals surface area contributed by atoms with Gasteiger partial charge in [0, 0.05) is 11.3 Å². The van der Waals surface area contributed by atoms with Gasteiger partial charge in [-0.1, -0.05) is 78.9 Å². The van der Waals surface area contributed by atoms with Crippen LogP contribution in [0.4, 0.5) is 5.69 Å². The van der Waals surface area contributed by atoms with Crippen LogP contribution in [0.3, 0.4) is 0 Å². The second-order valence-corrected chi connectivity index (χ2v) is 6.74. The number of hydrogen-bond donors (Lipinski definition) is 2. The molecule has 3 atom stereocenters. The number of anilines is 1. The quantitative estimate of drug-likeness (QED) is 0.745. The van der Waals surface area contributed by atoms with E-state index in [9.17, 15) is 4.79 Å². The van der Waals surface area contributed by atoms with Crippen LogP contribution < -0.4 is 10.8 Å². The van der Waals surface area contributed by atoms with Crippen molar-refractivity contribution in [2.75, 3.05) is 5.32 Å².